The van der Waals surface area contributed by atoms with Crippen molar-refractivity contribution in [3.05, 3.63) is 70.8 Å². The summed E-state index contributed by atoms with van der Waals surface area (Å²) in [7, 11) is 0. The molecule has 2 aromatic rings. The first-order chi connectivity index (χ1) is 8.58. The maximum atomic E-state index is 6.45. The van der Waals surface area contributed by atoms with Gasteiger partial charge in [0, 0.05) is 0 Å². The maximum absolute atomic E-state index is 6.45. The van der Waals surface area contributed by atoms with E-state index < -0.39 is 0 Å². The van der Waals surface area contributed by atoms with E-state index in [9.17, 15) is 0 Å². The fourth-order valence-corrected chi connectivity index (χ4v) is 2.42. The lowest BCUT2D eigenvalue weighted by molar-refractivity contribution is 0.881. The number of alkyl halides is 2. The van der Waals surface area contributed by atoms with Gasteiger partial charge < -0.3 is 0 Å². The zero-order valence-corrected chi connectivity index (χ0v) is 12.0. The third-order valence-corrected chi connectivity index (χ3v) is 4.19. The van der Waals surface area contributed by atoms with Crippen LogP contribution in [0.2, 0.25) is 0 Å². The first-order valence-electron chi connectivity index (χ1n) is 5.99. The topological polar surface area (TPSA) is 0 Å². The Bertz CT molecular complexity index is 450. The summed E-state index contributed by atoms with van der Waals surface area (Å²) in [5, 5.41) is -0.426. The van der Waals surface area contributed by atoms with Crippen LogP contribution in [0.1, 0.15) is 33.0 Å². The van der Waals surface area contributed by atoms with Gasteiger partial charge in [0.15, 0.2) is 0 Å². The minimum atomic E-state index is -0.213. The van der Waals surface area contributed by atoms with Gasteiger partial charge in [-0.2, -0.15) is 0 Å². The summed E-state index contributed by atoms with van der Waals surface area (Å²) in [6.07, 6.45) is 0. The first kappa shape index (κ1) is 13.5. The van der Waals surface area contributed by atoms with Gasteiger partial charge in [-0.15, -0.1) is 23.2 Å². The van der Waals surface area contributed by atoms with Crippen molar-refractivity contribution in [1.82, 2.24) is 0 Å². The quantitative estimate of drug-likeness (QED) is 0.645. The van der Waals surface area contributed by atoms with Crippen molar-refractivity contribution in [1.29, 1.82) is 0 Å². The predicted octanol–water partition coefficient (Wildman–Crippen LogP) is 5.56. The SMILES string of the molecule is Cc1ccc(C(Cl)C(Cl)c2ccc(C)cc2)cc1. The smallest absolute Gasteiger partial charge is 0.0790 e. The van der Waals surface area contributed by atoms with E-state index in [2.05, 4.69) is 38.1 Å². The molecule has 0 saturated carbocycles. The molecule has 94 valence electrons. The molecule has 2 unspecified atom stereocenters. The molecule has 2 atom stereocenters. The molecule has 0 aliphatic rings. The van der Waals surface area contributed by atoms with E-state index in [0.29, 0.717) is 0 Å². The van der Waals surface area contributed by atoms with E-state index in [1.165, 1.54) is 11.1 Å². The van der Waals surface area contributed by atoms with Crippen molar-refractivity contribution in [2.75, 3.05) is 0 Å². The summed E-state index contributed by atoms with van der Waals surface area (Å²) < 4.78 is 0. The van der Waals surface area contributed by atoms with E-state index in [4.69, 9.17) is 23.2 Å². The summed E-state index contributed by atoms with van der Waals surface area (Å²) in [5.74, 6) is 0. The Morgan fingerprint density at radius 1 is 0.611 bits per heavy atom. The van der Waals surface area contributed by atoms with Crippen LogP contribution >= 0.6 is 23.2 Å². The van der Waals surface area contributed by atoms with Crippen LogP contribution in [0.25, 0.3) is 0 Å². The van der Waals surface area contributed by atoms with Gasteiger partial charge in [-0.05, 0) is 25.0 Å². The van der Waals surface area contributed by atoms with E-state index in [1.54, 1.807) is 0 Å². The molecule has 0 radical (unpaired) electrons. The molecular weight excluding hydrogens is 263 g/mol. The van der Waals surface area contributed by atoms with Crippen LogP contribution < -0.4 is 0 Å². The van der Waals surface area contributed by atoms with Gasteiger partial charge in [0.05, 0.1) is 10.8 Å². The molecule has 2 heteroatoms. The molecule has 2 rings (SSSR count). The monoisotopic (exact) mass is 278 g/mol. The lowest BCUT2D eigenvalue weighted by atomic mass is 10.0. The van der Waals surface area contributed by atoms with Crippen LogP contribution in [0.5, 0.6) is 0 Å². The Kier molecular flexibility index (Phi) is 4.31. The first-order valence-corrected chi connectivity index (χ1v) is 6.86. The minimum absolute atomic E-state index is 0.213. The number of hydrogen-bond donors (Lipinski definition) is 0. The molecule has 18 heavy (non-hydrogen) atoms. The fraction of sp³-hybridized carbons (Fsp3) is 0.250. The van der Waals surface area contributed by atoms with Crippen LogP contribution in [0.15, 0.2) is 48.5 Å². The number of halogens is 2. The highest BCUT2D eigenvalue weighted by Crippen LogP contribution is 2.39. The Morgan fingerprint density at radius 2 is 0.889 bits per heavy atom. The highest BCUT2D eigenvalue weighted by molar-refractivity contribution is 6.30. The molecule has 0 spiro atoms. The number of rotatable bonds is 3. The zero-order chi connectivity index (χ0) is 13.1. The van der Waals surface area contributed by atoms with Gasteiger partial charge in [-0.1, -0.05) is 59.7 Å². The lowest BCUT2D eigenvalue weighted by Gasteiger charge is -2.17. The summed E-state index contributed by atoms with van der Waals surface area (Å²) in [4.78, 5) is 0. The largest absolute Gasteiger partial charge is 0.116 e. The zero-order valence-electron chi connectivity index (χ0n) is 10.5. The minimum Gasteiger partial charge on any atom is -0.116 e. The van der Waals surface area contributed by atoms with Crippen molar-refractivity contribution in [2.45, 2.75) is 24.6 Å². The van der Waals surface area contributed by atoms with E-state index >= 15 is 0 Å². The average molecular weight is 279 g/mol. The summed E-state index contributed by atoms with van der Waals surface area (Å²) in [6, 6.07) is 16.4. The Hall–Kier alpha value is -0.980. The molecule has 0 aliphatic heterocycles. The van der Waals surface area contributed by atoms with Crippen LogP contribution in [-0.2, 0) is 0 Å². The summed E-state index contributed by atoms with van der Waals surface area (Å²) in [6.45, 7) is 4.12. The normalized spacial score (nSPS) is 14.2. The molecule has 0 N–H and O–H groups in total. The van der Waals surface area contributed by atoms with Gasteiger partial charge in [0.2, 0.25) is 0 Å². The van der Waals surface area contributed by atoms with Gasteiger partial charge >= 0.3 is 0 Å². The van der Waals surface area contributed by atoms with Crippen molar-refractivity contribution in [3.8, 4) is 0 Å². The van der Waals surface area contributed by atoms with Crippen molar-refractivity contribution in [3.63, 3.8) is 0 Å². The summed E-state index contributed by atoms with van der Waals surface area (Å²) >= 11 is 12.9. The molecule has 0 saturated heterocycles. The van der Waals surface area contributed by atoms with Crippen LogP contribution in [0.3, 0.4) is 0 Å². The molecule has 0 amide bonds. The van der Waals surface area contributed by atoms with E-state index in [1.807, 2.05) is 24.3 Å². The third kappa shape index (κ3) is 3.07. The van der Waals surface area contributed by atoms with E-state index in [0.717, 1.165) is 11.1 Å². The molecule has 0 nitrogen and oxygen atoms in total. The second-order valence-electron chi connectivity index (χ2n) is 4.62. The van der Waals surface area contributed by atoms with Crippen molar-refractivity contribution >= 4 is 23.2 Å². The van der Waals surface area contributed by atoms with Gasteiger partial charge in [0.1, 0.15) is 0 Å². The third-order valence-electron chi connectivity index (χ3n) is 3.05. The van der Waals surface area contributed by atoms with Crippen molar-refractivity contribution in [2.24, 2.45) is 0 Å². The van der Waals surface area contributed by atoms with Crippen LogP contribution in [-0.4, -0.2) is 0 Å². The van der Waals surface area contributed by atoms with E-state index in [-0.39, 0.29) is 10.8 Å². The average Bonchev–Trinajstić information content (AvgIpc) is 2.39. The molecule has 0 bridgehead atoms. The van der Waals surface area contributed by atoms with Gasteiger partial charge in [0.25, 0.3) is 0 Å². The molecule has 0 fully saturated rings. The van der Waals surface area contributed by atoms with Gasteiger partial charge in [-0.25, -0.2) is 0 Å². The number of hydrogen-bond acceptors (Lipinski definition) is 0. The summed E-state index contributed by atoms with van der Waals surface area (Å²) in [5.41, 5.74) is 4.57. The van der Waals surface area contributed by atoms with Gasteiger partial charge in [-0.3, -0.25) is 0 Å². The number of aryl methyl sites for hydroxylation is 2. The highest BCUT2D eigenvalue weighted by atomic mass is 35.5. The standard InChI is InChI=1S/C16H16Cl2/c1-11-3-7-13(8-4-11)15(17)16(18)14-9-5-12(2)6-10-14/h3-10,15-16H,1-2H3. The maximum Gasteiger partial charge on any atom is 0.0790 e. The second kappa shape index (κ2) is 5.77. The highest BCUT2D eigenvalue weighted by Gasteiger charge is 2.20. The second-order valence-corrected chi connectivity index (χ2v) is 5.57. The predicted molar refractivity (Wildman–Crippen MR) is 79.5 cm³/mol. The fourth-order valence-electron chi connectivity index (χ4n) is 1.84. The molecule has 2 aromatic carbocycles. The molecule has 0 heterocycles. The molecule has 0 aliphatic carbocycles. The Balaban J connectivity index is 2.20. The molecule has 0 aromatic heterocycles. The van der Waals surface area contributed by atoms with Crippen LogP contribution in [0.4, 0.5) is 0 Å². The number of benzene rings is 2. The Morgan fingerprint density at radius 3 is 1.17 bits per heavy atom. The lowest BCUT2D eigenvalue weighted by Crippen LogP contribution is -2.00. The molecular formula is C16H16Cl2. The van der Waals surface area contributed by atoms with Crippen LogP contribution in [0, 0.1) is 13.8 Å². The van der Waals surface area contributed by atoms with Crippen molar-refractivity contribution < 1.29 is 0 Å². The Labute approximate surface area is 119 Å².